The van der Waals surface area contributed by atoms with Gasteiger partial charge in [-0.3, -0.25) is 9.13 Å². The van der Waals surface area contributed by atoms with Crippen LogP contribution in [0.5, 0.6) is 0 Å². The summed E-state index contributed by atoms with van der Waals surface area (Å²) in [6.45, 7) is 8.94. The summed E-state index contributed by atoms with van der Waals surface area (Å²) in [7, 11) is -7.33. The summed E-state index contributed by atoms with van der Waals surface area (Å²) in [5.74, 6) is 0. The number of rotatable bonds is 16. The van der Waals surface area contributed by atoms with E-state index in [1.807, 2.05) is 0 Å². The molecule has 0 N–H and O–H groups in total. The van der Waals surface area contributed by atoms with Crippen molar-refractivity contribution in [2.24, 2.45) is 0 Å². The van der Waals surface area contributed by atoms with Gasteiger partial charge in [0.25, 0.3) is 0 Å². The van der Waals surface area contributed by atoms with Crippen molar-refractivity contribution >= 4 is 15.2 Å². The van der Waals surface area contributed by atoms with Crippen LogP contribution in [-0.2, 0) is 36.7 Å². The van der Waals surface area contributed by atoms with E-state index in [9.17, 15) is 9.13 Å². The molecule has 1 aliphatic heterocycles. The van der Waals surface area contributed by atoms with Gasteiger partial charge in [0.15, 0.2) is 11.7 Å². The van der Waals surface area contributed by atoms with Crippen LogP contribution >= 0.6 is 15.2 Å². The maximum absolute atomic E-state index is 13.4. The van der Waals surface area contributed by atoms with Crippen molar-refractivity contribution < 1.29 is 36.7 Å². The van der Waals surface area contributed by atoms with Crippen molar-refractivity contribution in [1.82, 2.24) is 0 Å². The van der Waals surface area contributed by atoms with E-state index in [2.05, 4.69) is 0 Å². The number of unbranched alkanes of at least 4 members (excludes halogenated alkanes) is 1. The van der Waals surface area contributed by atoms with Gasteiger partial charge in [-0.15, -0.1) is 0 Å². The third-order valence-corrected chi connectivity index (χ3v) is 10.4. The molecule has 0 bridgehead atoms. The number of ether oxygens (including phenoxy) is 2. The SMILES string of the molecule is CCOP(=O)(OCC)C(CCCCOC1CCCCO1)P(=O)(OCC)OCC. The monoisotopic (exact) mass is 444 g/mol. The first-order valence-electron chi connectivity index (χ1n) is 10.5. The highest BCUT2D eigenvalue weighted by Gasteiger charge is 2.50. The molecule has 1 aliphatic rings. The van der Waals surface area contributed by atoms with Gasteiger partial charge in [0.2, 0.25) is 0 Å². The molecule has 28 heavy (non-hydrogen) atoms. The molecular weight excluding hydrogens is 406 g/mol. The van der Waals surface area contributed by atoms with E-state index in [1.54, 1.807) is 27.7 Å². The molecule has 10 heteroatoms. The smallest absolute Gasteiger partial charge is 0.345 e. The fraction of sp³-hybridized carbons (Fsp3) is 1.00. The molecule has 0 spiro atoms. The zero-order valence-corrected chi connectivity index (χ0v) is 19.6. The Morgan fingerprint density at radius 1 is 0.857 bits per heavy atom. The molecule has 0 aromatic rings. The van der Waals surface area contributed by atoms with Crippen LogP contribution in [0.15, 0.2) is 0 Å². The van der Waals surface area contributed by atoms with Gasteiger partial charge in [0.05, 0.1) is 26.4 Å². The second kappa shape index (κ2) is 14.3. The van der Waals surface area contributed by atoms with Gasteiger partial charge in [-0.05, 0) is 66.2 Å². The molecule has 0 aromatic carbocycles. The van der Waals surface area contributed by atoms with Crippen molar-refractivity contribution in [2.45, 2.75) is 77.9 Å². The molecule has 0 aliphatic carbocycles. The summed E-state index contributed by atoms with van der Waals surface area (Å²) in [4.78, 5) is 0. The summed E-state index contributed by atoms with van der Waals surface area (Å²) in [5.41, 5.74) is 0. The topological polar surface area (TPSA) is 89.5 Å². The van der Waals surface area contributed by atoms with Crippen LogP contribution in [0.4, 0.5) is 0 Å². The highest BCUT2D eigenvalue weighted by Crippen LogP contribution is 2.71. The van der Waals surface area contributed by atoms with Crippen LogP contribution in [-0.4, -0.2) is 51.3 Å². The fourth-order valence-electron chi connectivity index (χ4n) is 3.11. The van der Waals surface area contributed by atoms with Crippen molar-refractivity contribution in [3.05, 3.63) is 0 Å². The third kappa shape index (κ3) is 8.53. The molecule has 0 amide bonds. The van der Waals surface area contributed by atoms with Gasteiger partial charge in [0, 0.05) is 13.2 Å². The van der Waals surface area contributed by atoms with Crippen LogP contribution in [0, 0.1) is 0 Å². The molecule has 0 aromatic heterocycles. The Bertz CT molecular complexity index is 446. The second-order valence-electron chi connectivity index (χ2n) is 6.39. The van der Waals surface area contributed by atoms with Gasteiger partial charge < -0.3 is 27.6 Å². The van der Waals surface area contributed by atoms with Crippen molar-refractivity contribution in [3.8, 4) is 0 Å². The van der Waals surface area contributed by atoms with Crippen molar-refractivity contribution in [3.63, 3.8) is 0 Å². The minimum atomic E-state index is -3.66. The zero-order chi connectivity index (χ0) is 20.9. The van der Waals surface area contributed by atoms with Crippen LogP contribution in [0.3, 0.4) is 0 Å². The lowest BCUT2D eigenvalue weighted by Gasteiger charge is -2.31. The van der Waals surface area contributed by atoms with E-state index in [-0.39, 0.29) is 32.7 Å². The lowest BCUT2D eigenvalue weighted by molar-refractivity contribution is -0.162. The van der Waals surface area contributed by atoms with Crippen molar-refractivity contribution in [2.75, 3.05) is 39.6 Å². The molecule has 8 nitrogen and oxygen atoms in total. The average Bonchev–Trinajstić information content (AvgIpc) is 2.66. The van der Waals surface area contributed by atoms with Gasteiger partial charge in [-0.2, -0.15) is 0 Å². The van der Waals surface area contributed by atoms with E-state index in [4.69, 9.17) is 27.6 Å². The molecule has 1 saturated heterocycles. The Morgan fingerprint density at radius 3 is 1.82 bits per heavy atom. The highest BCUT2D eigenvalue weighted by atomic mass is 31.2. The molecular formula is C18H38O8P2. The van der Waals surface area contributed by atoms with Gasteiger partial charge in [-0.1, -0.05) is 0 Å². The summed E-state index contributed by atoms with van der Waals surface area (Å²) in [6, 6.07) is 0. The maximum atomic E-state index is 13.4. The van der Waals surface area contributed by atoms with E-state index in [0.29, 0.717) is 25.9 Å². The Morgan fingerprint density at radius 2 is 1.39 bits per heavy atom. The molecule has 1 unspecified atom stereocenters. The normalized spacial score (nSPS) is 18.7. The summed E-state index contributed by atoms with van der Waals surface area (Å²) < 4.78 is 60.0. The standard InChI is InChI=1S/C18H38O8P2/c1-5-23-27(19,24-6-2)18(28(20,25-7-3)26-8-4)14-10-12-16-22-17-13-9-11-15-21-17/h17-18H,5-16H2,1-4H3. The average molecular weight is 444 g/mol. The summed E-state index contributed by atoms with van der Waals surface area (Å²) in [5, 5.41) is -0.953. The fourth-order valence-corrected chi connectivity index (χ4v) is 8.57. The largest absolute Gasteiger partial charge is 0.353 e. The maximum Gasteiger partial charge on any atom is 0.345 e. The first-order valence-corrected chi connectivity index (χ1v) is 13.7. The molecule has 168 valence electrons. The molecule has 1 rings (SSSR count). The van der Waals surface area contributed by atoms with Crippen LogP contribution < -0.4 is 0 Å². The Labute approximate surface area is 170 Å². The summed E-state index contributed by atoms with van der Waals surface area (Å²) >= 11 is 0. The van der Waals surface area contributed by atoms with Crippen LogP contribution in [0.1, 0.15) is 66.2 Å². The molecule has 1 heterocycles. The minimum absolute atomic E-state index is 0.138. The van der Waals surface area contributed by atoms with Gasteiger partial charge in [0.1, 0.15) is 0 Å². The number of hydrogen-bond acceptors (Lipinski definition) is 8. The molecule has 1 atom stereocenters. The first-order chi connectivity index (χ1) is 13.5. The van der Waals surface area contributed by atoms with Crippen LogP contribution in [0.2, 0.25) is 0 Å². The van der Waals surface area contributed by atoms with E-state index < -0.39 is 20.6 Å². The zero-order valence-electron chi connectivity index (χ0n) is 17.8. The van der Waals surface area contributed by atoms with Gasteiger partial charge >= 0.3 is 15.2 Å². The van der Waals surface area contributed by atoms with E-state index in [1.165, 1.54) is 0 Å². The van der Waals surface area contributed by atoms with Gasteiger partial charge in [-0.25, -0.2) is 0 Å². The molecule has 1 fully saturated rings. The lowest BCUT2D eigenvalue weighted by Crippen LogP contribution is -2.23. The second-order valence-corrected chi connectivity index (χ2v) is 11.2. The highest BCUT2D eigenvalue weighted by molar-refractivity contribution is 7.72. The Kier molecular flexibility index (Phi) is 13.4. The first kappa shape index (κ1) is 26.3. The van der Waals surface area contributed by atoms with Crippen LogP contribution in [0.25, 0.3) is 0 Å². The summed E-state index contributed by atoms with van der Waals surface area (Å²) in [6.07, 6.45) is 4.65. The minimum Gasteiger partial charge on any atom is -0.353 e. The quantitative estimate of drug-likeness (QED) is 0.226. The lowest BCUT2D eigenvalue weighted by atomic mass is 10.2. The predicted molar refractivity (Wildman–Crippen MR) is 109 cm³/mol. The predicted octanol–water partition coefficient (Wildman–Crippen LogP) is 5.56. The van der Waals surface area contributed by atoms with Crippen molar-refractivity contribution in [1.29, 1.82) is 0 Å². The molecule has 0 radical (unpaired) electrons. The molecule has 0 saturated carbocycles. The Hall–Kier alpha value is 0.220. The van der Waals surface area contributed by atoms with E-state index >= 15 is 0 Å². The Balaban J connectivity index is 2.75. The third-order valence-electron chi connectivity index (χ3n) is 4.26. The van der Waals surface area contributed by atoms with E-state index in [0.717, 1.165) is 25.9 Å². The number of hydrogen-bond donors (Lipinski definition) is 0.